The topological polar surface area (TPSA) is 12.0 Å². The molecule has 0 unspecified atom stereocenters. The van der Waals surface area contributed by atoms with Gasteiger partial charge in [-0.05, 0) is 19.4 Å². The van der Waals surface area contributed by atoms with Crippen molar-refractivity contribution in [3.63, 3.8) is 0 Å². The van der Waals surface area contributed by atoms with Gasteiger partial charge in [0.1, 0.15) is 0 Å². The lowest BCUT2D eigenvalue weighted by Crippen LogP contribution is -2.14. The molecule has 1 nitrogen and oxygen atoms in total. The Morgan fingerprint density at radius 3 is 2.60 bits per heavy atom. The minimum Gasteiger partial charge on any atom is -0.313 e. The molecule has 0 aromatic carbocycles. The molecule has 0 saturated heterocycles. The van der Waals surface area contributed by atoms with Crippen molar-refractivity contribution in [1.82, 2.24) is 5.32 Å². The molecule has 0 heterocycles. The molecule has 0 aliphatic heterocycles. The first-order chi connectivity index (χ1) is 4.91. The minimum atomic E-state index is 1.04. The molecule has 1 heteroatoms. The second kappa shape index (κ2) is 8.70. The molecular weight excluding hydrogens is 122 g/mol. The van der Waals surface area contributed by atoms with Crippen LogP contribution in [0.5, 0.6) is 0 Å². The zero-order valence-electron chi connectivity index (χ0n) is 7.19. The Bertz CT molecular complexity index is 76.8. The van der Waals surface area contributed by atoms with E-state index < -0.39 is 0 Å². The maximum Gasteiger partial charge on any atom is 0.0134 e. The maximum atomic E-state index is 3.33. The summed E-state index contributed by atoms with van der Waals surface area (Å²) >= 11 is 0. The van der Waals surface area contributed by atoms with Gasteiger partial charge in [-0.1, -0.05) is 32.4 Å². The molecule has 0 atom stereocenters. The van der Waals surface area contributed by atoms with Crippen LogP contribution in [0.1, 0.15) is 33.1 Å². The number of hydrogen-bond donors (Lipinski definition) is 1. The van der Waals surface area contributed by atoms with Gasteiger partial charge in [0.2, 0.25) is 0 Å². The summed E-state index contributed by atoms with van der Waals surface area (Å²) in [6.07, 6.45) is 8.11. The van der Waals surface area contributed by atoms with Crippen molar-refractivity contribution in [2.45, 2.75) is 33.1 Å². The van der Waals surface area contributed by atoms with E-state index in [1.807, 2.05) is 0 Å². The Hall–Kier alpha value is -0.300. The van der Waals surface area contributed by atoms with Gasteiger partial charge in [0.15, 0.2) is 0 Å². The van der Waals surface area contributed by atoms with Crippen molar-refractivity contribution in [3.8, 4) is 0 Å². The van der Waals surface area contributed by atoms with Gasteiger partial charge < -0.3 is 5.32 Å². The van der Waals surface area contributed by atoms with Crippen molar-refractivity contribution < 1.29 is 0 Å². The number of rotatable bonds is 6. The smallest absolute Gasteiger partial charge is 0.0134 e. The summed E-state index contributed by atoms with van der Waals surface area (Å²) in [4.78, 5) is 0. The van der Waals surface area contributed by atoms with Crippen LogP contribution in [0.3, 0.4) is 0 Å². The van der Waals surface area contributed by atoms with Gasteiger partial charge in [-0.15, -0.1) is 0 Å². The number of nitrogens with one attached hydrogen (secondary N) is 1. The predicted octanol–water partition coefficient (Wildman–Crippen LogP) is 2.34. The summed E-state index contributed by atoms with van der Waals surface area (Å²) < 4.78 is 0. The monoisotopic (exact) mass is 141 g/mol. The van der Waals surface area contributed by atoms with E-state index in [0.717, 1.165) is 19.5 Å². The summed E-state index contributed by atoms with van der Waals surface area (Å²) in [7, 11) is 0. The van der Waals surface area contributed by atoms with E-state index in [2.05, 4.69) is 31.3 Å². The first kappa shape index (κ1) is 9.70. The summed E-state index contributed by atoms with van der Waals surface area (Å²) in [6, 6.07) is 0. The molecule has 0 radical (unpaired) electrons. The van der Waals surface area contributed by atoms with Gasteiger partial charge in [-0.2, -0.15) is 0 Å². The molecular formula is C9H19N. The van der Waals surface area contributed by atoms with Gasteiger partial charge in [0.25, 0.3) is 0 Å². The SMILES string of the molecule is CC/C=C/CNCCCC. The third-order valence-electron chi connectivity index (χ3n) is 1.37. The predicted molar refractivity (Wildman–Crippen MR) is 47.2 cm³/mol. The summed E-state index contributed by atoms with van der Waals surface area (Å²) in [5.41, 5.74) is 0. The number of hydrogen-bond acceptors (Lipinski definition) is 1. The van der Waals surface area contributed by atoms with E-state index in [1.165, 1.54) is 12.8 Å². The van der Waals surface area contributed by atoms with Crippen LogP contribution in [0, 0.1) is 0 Å². The lowest BCUT2D eigenvalue weighted by atomic mass is 10.3. The lowest BCUT2D eigenvalue weighted by Gasteiger charge is -1.97. The summed E-state index contributed by atoms with van der Waals surface area (Å²) in [6.45, 7) is 6.56. The Morgan fingerprint density at radius 1 is 1.20 bits per heavy atom. The second-order valence-corrected chi connectivity index (χ2v) is 2.44. The summed E-state index contributed by atoms with van der Waals surface area (Å²) in [5.74, 6) is 0. The highest BCUT2D eigenvalue weighted by Gasteiger charge is 1.80. The second-order valence-electron chi connectivity index (χ2n) is 2.44. The zero-order valence-corrected chi connectivity index (χ0v) is 7.19. The van der Waals surface area contributed by atoms with E-state index in [-0.39, 0.29) is 0 Å². The Balaban J connectivity index is 2.83. The maximum absolute atomic E-state index is 3.33. The van der Waals surface area contributed by atoms with Crippen LogP contribution in [0.2, 0.25) is 0 Å². The van der Waals surface area contributed by atoms with Gasteiger partial charge in [0, 0.05) is 6.54 Å². The quantitative estimate of drug-likeness (QED) is 0.442. The molecule has 0 amide bonds. The van der Waals surface area contributed by atoms with Crippen LogP contribution in [0.4, 0.5) is 0 Å². The molecule has 60 valence electrons. The molecule has 0 spiro atoms. The van der Waals surface area contributed by atoms with Crippen molar-refractivity contribution in [1.29, 1.82) is 0 Å². The van der Waals surface area contributed by atoms with Crippen molar-refractivity contribution in [2.75, 3.05) is 13.1 Å². The van der Waals surface area contributed by atoms with Gasteiger partial charge in [-0.3, -0.25) is 0 Å². The van der Waals surface area contributed by atoms with Crippen LogP contribution < -0.4 is 5.32 Å². The fourth-order valence-corrected chi connectivity index (χ4v) is 0.737. The van der Waals surface area contributed by atoms with Crippen LogP contribution in [0.15, 0.2) is 12.2 Å². The molecule has 0 aliphatic carbocycles. The molecule has 0 aromatic rings. The molecule has 0 aliphatic rings. The highest BCUT2D eigenvalue weighted by molar-refractivity contribution is 4.81. The molecule has 10 heavy (non-hydrogen) atoms. The standard InChI is InChI=1S/C9H19N/c1-3-5-7-9-10-8-6-4-2/h5,7,10H,3-4,6,8-9H2,1-2H3/b7-5+. The van der Waals surface area contributed by atoms with E-state index in [0.29, 0.717) is 0 Å². The van der Waals surface area contributed by atoms with Crippen LogP contribution >= 0.6 is 0 Å². The first-order valence-corrected chi connectivity index (χ1v) is 4.27. The Kier molecular flexibility index (Phi) is 8.44. The van der Waals surface area contributed by atoms with Crippen LogP contribution in [0.25, 0.3) is 0 Å². The fraction of sp³-hybridized carbons (Fsp3) is 0.778. The molecule has 0 rings (SSSR count). The van der Waals surface area contributed by atoms with E-state index in [1.54, 1.807) is 0 Å². The molecule has 0 aromatic heterocycles. The van der Waals surface area contributed by atoms with E-state index in [4.69, 9.17) is 0 Å². The summed E-state index contributed by atoms with van der Waals surface area (Å²) in [5, 5.41) is 3.33. The molecule has 0 bridgehead atoms. The third kappa shape index (κ3) is 7.70. The normalized spacial score (nSPS) is 11.0. The van der Waals surface area contributed by atoms with Gasteiger partial charge >= 0.3 is 0 Å². The van der Waals surface area contributed by atoms with Crippen molar-refractivity contribution in [2.24, 2.45) is 0 Å². The highest BCUT2D eigenvalue weighted by Crippen LogP contribution is 1.82. The largest absolute Gasteiger partial charge is 0.313 e. The average Bonchev–Trinajstić information content (AvgIpc) is 1.97. The first-order valence-electron chi connectivity index (χ1n) is 4.27. The van der Waals surface area contributed by atoms with E-state index in [9.17, 15) is 0 Å². The van der Waals surface area contributed by atoms with Crippen LogP contribution in [-0.2, 0) is 0 Å². The number of unbranched alkanes of at least 4 members (excludes halogenated alkanes) is 1. The highest BCUT2D eigenvalue weighted by atomic mass is 14.8. The van der Waals surface area contributed by atoms with Crippen molar-refractivity contribution in [3.05, 3.63) is 12.2 Å². The zero-order chi connectivity index (χ0) is 7.66. The minimum absolute atomic E-state index is 1.04. The molecule has 0 saturated carbocycles. The lowest BCUT2D eigenvalue weighted by molar-refractivity contribution is 0.681. The fourth-order valence-electron chi connectivity index (χ4n) is 0.737. The van der Waals surface area contributed by atoms with Gasteiger partial charge in [0.05, 0.1) is 0 Å². The van der Waals surface area contributed by atoms with Crippen LogP contribution in [-0.4, -0.2) is 13.1 Å². The third-order valence-corrected chi connectivity index (χ3v) is 1.37. The Morgan fingerprint density at radius 2 is 2.00 bits per heavy atom. The average molecular weight is 141 g/mol. The molecule has 1 N–H and O–H groups in total. The van der Waals surface area contributed by atoms with Crippen molar-refractivity contribution >= 4 is 0 Å². The number of allylic oxidation sites excluding steroid dienone is 1. The molecule has 0 fully saturated rings. The van der Waals surface area contributed by atoms with E-state index >= 15 is 0 Å². The Labute approximate surface area is 64.5 Å². The van der Waals surface area contributed by atoms with Gasteiger partial charge in [-0.25, -0.2) is 0 Å².